The van der Waals surface area contributed by atoms with Crippen LogP contribution in [-0.2, 0) is 22.5 Å². The molecule has 0 saturated heterocycles. The van der Waals surface area contributed by atoms with Gasteiger partial charge in [0.25, 0.3) is 11.3 Å². The first-order valence-electron chi connectivity index (χ1n) is 7.95. The van der Waals surface area contributed by atoms with Crippen molar-refractivity contribution in [2.45, 2.75) is 12.5 Å². The van der Waals surface area contributed by atoms with Gasteiger partial charge in [-0.2, -0.15) is 5.26 Å². The number of carbonyl (C=O) groups is 1. The fourth-order valence-electron chi connectivity index (χ4n) is 2.85. The highest BCUT2D eigenvalue weighted by molar-refractivity contribution is 7.80. The molecule has 3 aromatic rings. The van der Waals surface area contributed by atoms with E-state index in [0.717, 1.165) is 16.3 Å². The van der Waals surface area contributed by atoms with Crippen LogP contribution in [0.5, 0.6) is 0 Å². The Balaban J connectivity index is 1.94. The number of fused-ring (bicyclic) bond motifs is 1. The van der Waals surface area contributed by atoms with E-state index < -0.39 is 17.3 Å². The summed E-state index contributed by atoms with van der Waals surface area (Å²) in [6, 6.07) is 21.1. The summed E-state index contributed by atoms with van der Waals surface area (Å²) in [5, 5.41) is 10.8. The van der Waals surface area contributed by atoms with E-state index in [2.05, 4.69) is 0 Å². The second-order valence-electron chi connectivity index (χ2n) is 5.80. The van der Waals surface area contributed by atoms with Gasteiger partial charge in [-0.15, -0.1) is 0 Å². The van der Waals surface area contributed by atoms with Gasteiger partial charge in [0.05, 0.1) is 17.3 Å². The van der Waals surface area contributed by atoms with Crippen molar-refractivity contribution >= 4 is 34.0 Å². The average Bonchev–Trinajstić information content (AvgIpc) is 2.67. The molecule has 1 N–H and O–H groups in total. The van der Waals surface area contributed by atoms with Crippen molar-refractivity contribution in [3.05, 3.63) is 77.9 Å². The van der Waals surface area contributed by atoms with E-state index in [4.69, 9.17) is 5.26 Å². The van der Waals surface area contributed by atoms with Gasteiger partial charge in [0.2, 0.25) is 0 Å². The van der Waals surface area contributed by atoms with Gasteiger partial charge >= 0.3 is 0 Å². The molecule has 0 bridgehead atoms. The molecule has 130 valence electrons. The molecule has 2 unspecified atom stereocenters. The van der Waals surface area contributed by atoms with E-state index in [1.54, 1.807) is 36.4 Å². The molecule has 0 amide bonds. The standard InChI is InChI=1S/C20H16N2O3S/c21-13-16-7-5-15(6-8-16)11-20(14-23)22(26(24)25)19-10-9-17-3-1-2-4-18(17)12-19/h1-10,12,14,20H,11H2,(H,24,25). The van der Waals surface area contributed by atoms with Crippen molar-refractivity contribution in [1.29, 1.82) is 5.26 Å². The van der Waals surface area contributed by atoms with Gasteiger partial charge in [0.1, 0.15) is 12.3 Å². The number of nitrogens with zero attached hydrogens (tertiary/aromatic N) is 2. The molecule has 0 heterocycles. The number of rotatable bonds is 6. The smallest absolute Gasteiger partial charge is 0.262 e. The molecule has 3 rings (SSSR count). The Labute approximate surface area is 153 Å². The third-order valence-electron chi connectivity index (χ3n) is 4.14. The van der Waals surface area contributed by atoms with Gasteiger partial charge in [-0.25, -0.2) is 4.21 Å². The lowest BCUT2D eigenvalue weighted by molar-refractivity contribution is -0.108. The van der Waals surface area contributed by atoms with Crippen LogP contribution < -0.4 is 4.31 Å². The highest BCUT2D eigenvalue weighted by Crippen LogP contribution is 2.25. The number of anilines is 1. The van der Waals surface area contributed by atoms with Crippen LogP contribution in [-0.4, -0.2) is 21.1 Å². The van der Waals surface area contributed by atoms with E-state index in [1.165, 1.54) is 4.31 Å². The maximum atomic E-state index is 12.0. The van der Waals surface area contributed by atoms with Gasteiger partial charge in [-0.1, -0.05) is 42.5 Å². The summed E-state index contributed by atoms with van der Waals surface area (Å²) >= 11 is -2.36. The SMILES string of the molecule is N#Cc1ccc(CC(C=O)N(c2ccc3ccccc3c2)S(=O)O)cc1. The molecule has 2 atom stereocenters. The zero-order valence-electron chi connectivity index (χ0n) is 13.8. The quantitative estimate of drug-likeness (QED) is 0.536. The molecule has 0 aliphatic heterocycles. The summed E-state index contributed by atoms with van der Waals surface area (Å²) in [6.45, 7) is 0. The second kappa shape index (κ2) is 7.91. The molecule has 0 aromatic heterocycles. The van der Waals surface area contributed by atoms with Crippen molar-refractivity contribution in [1.82, 2.24) is 0 Å². The molecule has 6 heteroatoms. The lowest BCUT2D eigenvalue weighted by Gasteiger charge is -2.26. The first-order valence-corrected chi connectivity index (χ1v) is 9.02. The fraction of sp³-hybridized carbons (Fsp3) is 0.100. The highest BCUT2D eigenvalue weighted by Gasteiger charge is 2.24. The van der Waals surface area contributed by atoms with E-state index in [0.29, 0.717) is 17.5 Å². The van der Waals surface area contributed by atoms with Crippen molar-refractivity contribution in [2.75, 3.05) is 4.31 Å². The minimum Gasteiger partial charge on any atom is -0.301 e. The third-order valence-corrected chi connectivity index (χ3v) is 4.96. The van der Waals surface area contributed by atoms with Crippen molar-refractivity contribution in [3.8, 4) is 6.07 Å². The van der Waals surface area contributed by atoms with Crippen molar-refractivity contribution in [2.24, 2.45) is 0 Å². The first kappa shape index (κ1) is 17.8. The zero-order valence-corrected chi connectivity index (χ0v) is 14.6. The number of nitriles is 1. The zero-order chi connectivity index (χ0) is 18.5. The van der Waals surface area contributed by atoms with Crippen LogP contribution in [0.3, 0.4) is 0 Å². The van der Waals surface area contributed by atoms with Gasteiger partial charge in [0.15, 0.2) is 0 Å². The summed E-state index contributed by atoms with van der Waals surface area (Å²) in [5.74, 6) is 0. The van der Waals surface area contributed by atoms with Crippen molar-refractivity contribution < 1.29 is 13.6 Å². The first-order chi connectivity index (χ1) is 12.6. The van der Waals surface area contributed by atoms with Crippen LogP contribution in [0.25, 0.3) is 10.8 Å². The summed E-state index contributed by atoms with van der Waals surface area (Å²) in [4.78, 5) is 11.7. The number of benzene rings is 3. The lowest BCUT2D eigenvalue weighted by Crippen LogP contribution is -2.39. The Morgan fingerprint density at radius 3 is 2.38 bits per heavy atom. The molecule has 0 spiro atoms. The van der Waals surface area contributed by atoms with E-state index in [9.17, 15) is 13.6 Å². The maximum absolute atomic E-state index is 12.0. The van der Waals surface area contributed by atoms with Gasteiger partial charge < -0.3 is 4.79 Å². The van der Waals surface area contributed by atoms with E-state index >= 15 is 0 Å². The van der Waals surface area contributed by atoms with Crippen molar-refractivity contribution in [3.63, 3.8) is 0 Å². The Morgan fingerprint density at radius 1 is 1.08 bits per heavy atom. The number of hydrogen-bond acceptors (Lipinski definition) is 3. The van der Waals surface area contributed by atoms with Crippen LogP contribution in [0.4, 0.5) is 5.69 Å². The molecular weight excluding hydrogens is 348 g/mol. The lowest BCUT2D eigenvalue weighted by atomic mass is 10.0. The van der Waals surface area contributed by atoms with Gasteiger partial charge in [-0.3, -0.25) is 8.86 Å². The van der Waals surface area contributed by atoms with Gasteiger partial charge in [0, 0.05) is 6.42 Å². The second-order valence-corrected chi connectivity index (χ2v) is 6.66. The largest absolute Gasteiger partial charge is 0.301 e. The van der Waals surface area contributed by atoms with Crippen LogP contribution in [0.1, 0.15) is 11.1 Å². The topological polar surface area (TPSA) is 81.4 Å². The summed E-state index contributed by atoms with van der Waals surface area (Å²) < 4.78 is 22.9. The molecule has 5 nitrogen and oxygen atoms in total. The number of hydrogen-bond donors (Lipinski definition) is 1. The molecule has 26 heavy (non-hydrogen) atoms. The van der Waals surface area contributed by atoms with Crippen LogP contribution in [0, 0.1) is 11.3 Å². The van der Waals surface area contributed by atoms with Crippen LogP contribution in [0.15, 0.2) is 66.7 Å². The van der Waals surface area contributed by atoms with Crippen LogP contribution in [0.2, 0.25) is 0 Å². The highest BCUT2D eigenvalue weighted by atomic mass is 32.2. The average molecular weight is 364 g/mol. The molecule has 0 aliphatic carbocycles. The van der Waals surface area contributed by atoms with E-state index in [1.807, 2.05) is 36.4 Å². The Kier molecular flexibility index (Phi) is 5.42. The minimum atomic E-state index is -2.36. The molecule has 0 fully saturated rings. The predicted octanol–water partition coefficient (Wildman–Crippen LogP) is 3.46. The summed E-state index contributed by atoms with van der Waals surface area (Å²) in [6.07, 6.45) is 0.926. The number of carbonyl (C=O) groups excluding carboxylic acids is 1. The third kappa shape index (κ3) is 3.80. The fourth-order valence-corrected chi connectivity index (χ4v) is 3.50. The summed E-state index contributed by atoms with van der Waals surface area (Å²) in [5.41, 5.74) is 1.82. The predicted molar refractivity (Wildman–Crippen MR) is 102 cm³/mol. The minimum absolute atomic E-state index is 0.258. The monoisotopic (exact) mass is 364 g/mol. The Morgan fingerprint density at radius 2 is 1.77 bits per heavy atom. The Bertz CT molecular complexity index is 996. The number of aldehydes is 1. The normalized spacial score (nSPS) is 12.9. The van der Waals surface area contributed by atoms with E-state index in [-0.39, 0.29) is 6.42 Å². The molecule has 3 aromatic carbocycles. The Hall–Kier alpha value is -3.01. The molecule has 0 aliphatic rings. The maximum Gasteiger partial charge on any atom is 0.262 e. The molecule has 0 saturated carbocycles. The molecule has 0 radical (unpaired) electrons. The van der Waals surface area contributed by atoms with Crippen LogP contribution >= 0.6 is 0 Å². The summed E-state index contributed by atoms with van der Waals surface area (Å²) in [7, 11) is 0. The van der Waals surface area contributed by atoms with Gasteiger partial charge in [-0.05, 0) is 40.6 Å². The molecular formula is C20H16N2O3S.